The van der Waals surface area contributed by atoms with Gasteiger partial charge in [-0.25, -0.2) is 20.4 Å². The molecule has 3 aromatic rings. The zero-order valence-electron chi connectivity index (χ0n) is 13.9. The standard InChI is InChI=1S/C15H17N7O5/c16-12-9-13(18-6-17-12)22(14-11(25)10(24)8(5-23)27-14)15(20-9)21-19-4-7-2-1-3-26-7/h1-4,6,8,10-11,14,23-25H,5H2,(H,20,21)(H2,16,17,18)/b19-4-/t8-,10-,11-,14-/m1/s1. The van der Waals surface area contributed by atoms with Crippen LogP contribution >= 0.6 is 0 Å². The van der Waals surface area contributed by atoms with E-state index in [1.54, 1.807) is 12.1 Å². The SMILES string of the molecule is Nc1ncnc2c1nc(N/N=C\c1ccco1)n2[C@@H]1O[C@H](CO)[C@@H](O)[C@H]1O. The highest BCUT2D eigenvalue weighted by Crippen LogP contribution is 2.35. The van der Waals surface area contributed by atoms with Crippen LogP contribution in [0.4, 0.5) is 11.8 Å². The van der Waals surface area contributed by atoms with Gasteiger partial charge < -0.3 is 30.2 Å². The van der Waals surface area contributed by atoms with E-state index >= 15 is 0 Å². The third kappa shape index (κ3) is 3.00. The van der Waals surface area contributed by atoms with Crippen LogP contribution in [0.1, 0.15) is 12.0 Å². The molecule has 1 fully saturated rings. The molecule has 12 nitrogen and oxygen atoms in total. The minimum absolute atomic E-state index is 0.128. The predicted molar refractivity (Wildman–Crippen MR) is 92.7 cm³/mol. The molecule has 4 heterocycles. The molecule has 0 aromatic carbocycles. The first-order chi connectivity index (χ1) is 13.1. The van der Waals surface area contributed by atoms with Crippen LogP contribution in [-0.4, -0.2) is 66.0 Å². The van der Waals surface area contributed by atoms with Gasteiger partial charge in [0.25, 0.3) is 0 Å². The number of nitrogens with one attached hydrogen (secondary N) is 1. The number of aromatic nitrogens is 4. The largest absolute Gasteiger partial charge is 0.463 e. The molecule has 1 saturated heterocycles. The van der Waals surface area contributed by atoms with E-state index in [0.717, 1.165) is 0 Å². The lowest BCUT2D eigenvalue weighted by atomic mass is 10.1. The van der Waals surface area contributed by atoms with Crippen LogP contribution in [-0.2, 0) is 4.74 Å². The molecular formula is C15H17N7O5. The lowest BCUT2D eigenvalue weighted by molar-refractivity contribution is -0.0501. The molecule has 12 heteroatoms. The van der Waals surface area contributed by atoms with Gasteiger partial charge >= 0.3 is 0 Å². The first-order valence-electron chi connectivity index (χ1n) is 8.03. The number of imidazole rings is 1. The summed E-state index contributed by atoms with van der Waals surface area (Å²) in [5, 5.41) is 33.8. The molecule has 4 rings (SSSR count). The minimum atomic E-state index is -1.33. The summed E-state index contributed by atoms with van der Waals surface area (Å²) in [6.07, 6.45) is -0.463. The molecule has 6 N–H and O–H groups in total. The number of nitrogen functional groups attached to an aromatic ring is 1. The van der Waals surface area contributed by atoms with Crippen molar-refractivity contribution in [2.45, 2.75) is 24.5 Å². The third-order valence-corrected chi connectivity index (χ3v) is 4.18. The number of aliphatic hydroxyl groups is 3. The van der Waals surface area contributed by atoms with Gasteiger partial charge in [0.05, 0.1) is 19.1 Å². The van der Waals surface area contributed by atoms with Crippen molar-refractivity contribution in [2.75, 3.05) is 17.8 Å². The van der Waals surface area contributed by atoms with Crippen molar-refractivity contribution in [1.29, 1.82) is 0 Å². The van der Waals surface area contributed by atoms with Crippen LogP contribution in [0, 0.1) is 0 Å². The minimum Gasteiger partial charge on any atom is -0.463 e. The Morgan fingerprint density at radius 2 is 2.19 bits per heavy atom. The van der Waals surface area contributed by atoms with Crippen molar-refractivity contribution in [3.63, 3.8) is 0 Å². The fourth-order valence-corrected chi connectivity index (χ4v) is 2.86. The lowest BCUT2D eigenvalue weighted by Crippen LogP contribution is -2.33. The Morgan fingerprint density at radius 1 is 1.33 bits per heavy atom. The highest BCUT2D eigenvalue weighted by Gasteiger charge is 2.45. The number of hydrazone groups is 1. The molecule has 0 unspecified atom stereocenters. The van der Waals surface area contributed by atoms with Gasteiger partial charge in [0, 0.05) is 0 Å². The van der Waals surface area contributed by atoms with Crippen molar-refractivity contribution >= 4 is 29.1 Å². The molecule has 1 aliphatic heterocycles. The molecular weight excluding hydrogens is 358 g/mol. The van der Waals surface area contributed by atoms with E-state index in [1.165, 1.54) is 23.4 Å². The van der Waals surface area contributed by atoms with E-state index in [-0.39, 0.29) is 22.9 Å². The molecule has 1 aliphatic rings. The summed E-state index contributed by atoms with van der Waals surface area (Å²) < 4.78 is 12.1. The summed E-state index contributed by atoms with van der Waals surface area (Å²) in [5.74, 6) is 0.788. The predicted octanol–water partition coefficient (Wildman–Crippen LogP) is -0.941. The van der Waals surface area contributed by atoms with E-state index in [1.807, 2.05) is 0 Å². The zero-order valence-corrected chi connectivity index (χ0v) is 13.9. The van der Waals surface area contributed by atoms with Gasteiger partial charge in [-0.2, -0.15) is 5.10 Å². The average molecular weight is 375 g/mol. The van der Waals surface area contributed by atoms with Crippen LogP contribution in [0.3, 0.4) is 0 Å². The number of aliphatic hydroxyl groups excluding tert-OH is 3. The van der Waals surface area contributed by atoms with E-state index in [4.69, 9.17) is 14.9 Å². The molecule has 0 bridgehead atoms. The van der Waals surface area contributed by atoms with E-state index in [0.29, 0.717) is 5.76 Å². The van der Waals surface area contributed by atoms with E-state index in [9.17, 15) is 15.3 Å². The Morgan fingerprint density at radius 3 is 2.89 bits per heavy atom. The van der Waals surface area contributed by atoms with E-state index in [2.05, 4.69) is 25.5 Å². The molecule has 0 saturated carbocycles. The van der Waals surface area contributed by atoms with Crippen molar-refractivity contribution < 1.29 is 24.5 Å². The lowest BCUT2D eigenvalue weighted by Gasteiger charge is -2.18. The number of hydrogen-bond acceptors (Lipinski definition) is 11. The Balaban J connectivity index is 1.74. The topological polar surface area (TPSA) is 177 Å². The molecule has 0 radical (unpaired) electrons. The van der Waals surface area contributed by atoms with Crippen LogP contribution in [0.2, 0.25) is 0 Å². The van der Waals surface area contributed by atoms with Crippen molar-refractivity contribution in [1.82, 2.24) is 19.5 Å². The number of nitrogens with two attached hydrogens (primary N) is 1. The van der Waals surface area contributed by atoms with Gasteiger partial charge in [0.2, 0.25) is 5.95 Å². The van der Waals surface area contributed by atoms with Gasteiger partial charge in [0.1, 0.15) is 30.4 Å². The first-order valence-corrected chi connectivity index (χ1v) is 8.03. The van der Waals surface area contributed by atoms with Crippen molar-refractivity contribution in [3.05, 3.63) is 30.5 Å². The number of ether oxygens (including phenoxy) is 1. The second-order valence-electron chi connectivity index (χ2n) is 5.85. The van der Waals surface area contributed by atoms with Gasteiger partial charge in [0.15, 0.2) is 23.2 Å². The van der Waals surface area contributed by atoms with Crippen molar-refractivity contribution in [3.8, 4) is 0 Å². The molecule has 0 aliphatic carbocycles. The summed E-state index contributed by atoms with van der Waals surface area (Å²) in [7, 11) is 0. The number of rotatable bonds is 5. The zero-order chi connectivity index (χ0) is 19.0. The number of furan rings is 1. The summed E-state index contributed by atoms with van der Waals surface area (Å²) in [6, 6.07) is 3.43. The molecule has 27 heavy (non-hydrogen) atoms. The van der Waals surface area contributed by atoms with Crippen LogP contribution in [0.5, 0.6) is 0 Å². The highest BCUT2D eigenvalue weighted by atomic mass is 16.6. The summed E-state index contributed by atoms with van der Waals surface area (Å²) >= 11 is 0. The normalized spacial score (nSPS) is 25.6. The van der Waals surface area contributed by atoms with Crippen molar-refractivity contribution in [2.24, 2.45) is 5.10 Å². The fourth-order valence-electron chi connectivity index (χ4n) is 2.86. The Labute approximate surface area is 151 Å². The summed E-state index contributed by atoms with van der Waals surface area (Å²) in [6.45, 7) is -0.460. The van der Waals surface area contributed by atoms with Gasteiger partial charge in [-0.3, -0.25) is 4.57 Å². The van der Waals surface area contributed by atoms with Gasteiger partial charge in [-0.05, 0) is 12.1 Å². The highest BCUT2D eigenvalue weighted by molar-refractivity contribution is 5.84. The first kappa shape index (κ1) is 17.4. The fraction of sp³-hybridized carbons (Fsp3) is 0.333. The third-order valence-electron chi connectivity index (χ3n) is 4.18. The average Bonchev–Trinajstić information content (AvgIpc) is 3.36. The Bertz CT molecular complexity index is 957. The number of nitrogens with zero attached hydrogens (tertiary/aromatic N) is 5. The summed E-state index contributed by atoms with van der Waals surface area (Å²) in [5.41, 5.74) is 9.11. The van der Waals surface area contributed by atoms with Crippen LogP contribution in [0.25, 0.3) is 11.2 Å². The molecule has 4 atom stereocenters. The summed E-state index contributed by atoms with van der Waals surface area (Å²) in [4.78, 5) is 12.3. The van der Waals surface area contributed by atoms with Gasteiger partial charge in [-0.1, -0.05) is 0 Å². The Kier molecular flexibility index (Phi) is 4.45. The van der Waals surface area contributed by atoms with Crippen LogP contribution in [0.15, 0.2) is 34.2 Å². The van der Waals surface area contributed by atoms with E-state index < -0.39 is 31.1 Å². The second-order valence-corrected chi connectivity index (χ2v) is 5.85. The maximum Gasteiger partial charge on any atom is 0.228 e. The Hall–Kier alpha value is -3.06. The van der Waals surface area contributed by atoms with Gasteiger partial charge in [-0.15, -0.1) is 0 Å². The molecule has 0 spiro atoms. The number of anilines is 2. The molecule has 3 aromatic heterocycles. The second kappa shape index (κ2) is 6.92. The quantitative estimate of drug-likeness (QED) is 0.276. The number of fused-ring (bicyclic) bond motifs is 1. The van der Waals surface area contributed by atoms with Crippen LogP contribution < -0.4 is 11.2 Å². The maximum absolute atomic E-state index is 10.4. The molecule has 0 amide bonds. The maximum atomic E-state index is 10.4. The smallest absolute Gasteiger partial charge is 0.228 e. The monoisotopic (exact) mass is 375 g/mol. The molecule has 142 valence electrons. The number of hydrogen-bond donors (Lipinski definition) is 5.